The molecule has 5 rings (SSSR count). The van der Waals surface area contributed by atoms with Gasteiger partial charge in [0.15, 0.2) is 23.1 Å². The maximum atomic E-state index is 15.0. The van der Waals surface area contributed by atoms with Crippen LogP contribution >= 0.6 is 0 Å². The van der Waals surface area contributed by atoms with Crippen molar-refractivity contribution >= 4 is 35.6 Å². The van der Waals surface area contributed by atoms with E-state index in [1.807, 2.05) is 0 Å². The van der Waals surface area contributed by atoms with Crippen LogP contribution in [0.3, 0.4) is 0 Å². The van der Waals surface area contributed by atoms with Gasteiger partial charge in [-0.3, -0.25) is 29.3 Å². The molecule has 0 radical (unpaired) electrons. The van der Waals surface area contributed by atoms with Gasteiger partial charge in [0, 0.05) is 44.6 Å². The molecule has 2 aromatic rings. The fourth-order valence-electron chi connectivity index (χ4n) is 5.14. The predicted molar refractivity (Wildman–Crippen MR) is 166 cm³/mol. The summed E-state index contributed by atoms with van der Waals surface area (Å²) in [5.74, 6) is -2.43. The third-order valence-corrected chi connectivity index (χ3v) is 7.75. The SMILES string of the molecule is CC[C@@H]1NC(=O)CCCN(C(=O)CC[C@@H]2NC(=O)NC2=O)CCCNC(=O)c2ccc(OC)c(c2)Oc2ccc(cc2F)CNC1=O. The normalized spacial score (nSPS) is 19.9. The molecule has 0 aliphatic carbocycles. The van der Waals surface area contributed by atoms with Crippen LogP contribution < -0.4 is 36.1 Å². The van der Waals surface area contributed by atoms with E-state index in [9.17, 15) is 28.8 Å². The lowest BCUT2D eigenvalue weighted by Gasteiger charge is -2.24. The minimum absolute atomic E-state index is 0.00461. The predicted octanol–water partition coefficient (Wildman–Crippen LogP) is 1.87. The van der Waals surface area contributed by atoms with E-state index in [1.165, 1.54) is 37.4 Å². The van der Waals surface area contributed by atoms with Gasteiger partial charge in [0.05, 0.1) is 7.11 Å². The molecule has 5 N–H and O–H groups in total. The van der Waals surface area contributed by atoms with Crippen LogP contribution in [0.25, 0.3) is 0 Å². The first-order chi connectivity index (χ1) is 22.6. The smallest absolute Gasteiger partial charge is 0.322 e. The fraction of sp³-hybridized carbons (Fsp3) is 0.438. The Morgan fingerprint density at radius 3 is 2.45 bits per heavy atom. The maximum Gasteiger partial charge on any atom is 0.322 e. The summed E-state index contributed by atoms with van der Waals surface area (Å²) in [5.41, 5.74) is 0.698. The van der Waals surface area contributed by atoms with Gasteiger partial charge < -0.3 is 35.6 Å². The van der Waals surface area contributed by atoms with E-state index in [0.29, 0.717) is 24.8 Å². The van der Waals surface area contributed by atoms with Gasteiger partial charge in [0.2, 0.25) is 17.7 Å². The monoisotopic (exact) mass is 654 g/mol. The quantitative estimate of drug-likeness (QED) is 0.303. The number of amides is 7. The highest BCUT2D eigenvalue weighted by Gasteiger charge is 2.30. The van der Waals surface area contributed by atoms with Crippen molar-refractivity contribution in [3.8, 4) is 17.2 Å². The number of hydrogen-bond donors (Lipinski definition) is 5. The molecular weight excluding hydrogens is 615 g/mol. The largest absolute Gasteiger partial charge is 0.493 e. The molecule has 47 heavy (non-hydrogen) atoms. The molecule has 252 valence electrons. The first kappa shape index (κ1) is 34.7. The first-order valence-electron chi connectivity index (χ1n) is 15.5. The van der Waals surface area contributed by atoms with Crippen LogP contribution in [0, 0.1) is 5.82 Å². The second-order valence-electron chi connectivity index (χ2n) is 11.1. The van der Waals surface area contributed by atoms with Gasteiger partial charge in [-0.2, -0.15) is 0 Å². The average Bonchev–Trinajstić information content (AvgIpc) is 3.38. The summed E-state index contributed by atoms with van der Waals surface area (Å²) < 4.78 is 26.1. The molecule has 2 atom stereocenters. The molecular formula is C32H39FN6O8. The Bertz CT molecular complexity index is 1520. The third kappa shape index (κ3) is 9.64. The molecule has 0 spiro atoms. The van der Waals surface area contributed by atoms with Gasteiger partial charge in [-0.05, 0) is 61.6 Å². The zero-order valence-corrected chi connectivity index (χ0v) is 26.3. The van der Waals surface area contributed by atoms with Crippen molar-refractivity contribution in [2.75, 3.05) is 26.7 Å². The lowest BCUT2D eigenvalue weighted by atomic mass is 10.1. The summed E-state index contributed by atoms with van der Waals surface area (Å²) in [6.07, 6.45) is 1.11. The Morgan fingerprint density at radius 2 is 1.74 bits per heavy atom. The third-order valence-electron chi connectivity index (χ3n) is 7.75. The number of ether oxygens (including phenoxy) is 2. The Hall–Kier alpha value is -5.21. The highest BCUT2D eigenvalue weighted by atomic mass is 19.1. The van der Waals surface area contributed by atoms with Gasteiger partial charge in [0.1, 0.15) is 12.1 Å². The van der Waals surface area contributed by atoms with Gasteiger partial charge >= 0.3 is 6.03 Å². The van der Waals surface area contributed by atoms with Gasteiger partial charge in [-0.1, -0.05) is 13.0 Å². The number of imide groups is 1. The van der Waals surface area contributed by atoms with Crippen LogP contribution in [0.15, 0.2) is 36.4 Å². The number of benzene rings is 2. The van der Waals surface area contributed by atoms with Gasteiger partial charge in [-0.15, -0.1) is 0 Å². The summed E-state index contributed by atoms with van der Waals surface area (Å²) in [5, 5.41) is 12.8. The standard InChI is InChI=1S/C32H39FN6O8/c1-3-22-30(43)35-18-19-7-10-24(21(33)16-19)47-26-17-20(8-11-25(26)46-2)29(42)34-13-5-15-39(14-4-6-27(40)36-22)28(41)12-9-23-31(44)38-32(45)37-23/h7-8,10-11,16-17,22-23H,3-6,9,12-15,18H2,1-2H3,(H,34,42)(H,35,43)(H,36,40)(H2,37,38,44,45)/t22-,23-/m0/s1. The molecule has 2 aromatic carbocycles. The molecule has 15 heteroatoms. The molecule has 1 saturated heterocycles. The summed E-state index contributed by atoms with van der Waals surface area (Å²) in [7, 11) is 1.42. The Kier molecular flexibility index (Phi) is 12.1. The van der Waals surface area contributed by atoms with E-state index in [-0.39, 0.29) is 80.1 Å². The summed E-state index contributed by atoms with van der Waals surface area (Å²) in [6, 6.07) is 6.47. The average molecular weight is 655 g/mol. The van der Waals surface area contributed by atoms with E-state index < -0.39 is 41.7 Å². The molecule has 3 aliphatic heterocycles. The number of halogens is 1. The minimum Gasteiger partial charge on any atom is -0.493 e. The lowest BCUT2D eigenvalue weighted by molar-refractivity contribution is -0.132. The van der Waals surface area contributed by atoms with Crippen molar-refractivity contribution in [2.45, 2.75) is 64.1 Å². The van der Waals surface area contributed by atoms with Crippen LogP contribution in [0.1, 0.15) is 61.4 Å². The number of fused-ring (bicyclic) bond motifs is 16. The minimum atomic E-state index is -0.814. The van der Waals surface area contributed by atoms with E-state index in [4.69, 9.17) is 9.47 Å². The van der Waals surface area contributed by atoms with Crippen molar-refractivity contribution in [3.63, 3.8) is 0 Å². The number of nitrogens with zero attached hydrogens (tertiary/aromatic N) is 1. The van der Waals surface area contributed by atoms with E-state index in [1.54, 1.807) is 17.9 Å². The fourth-order valence-corrected chi connectivity index (χ4v) is 5.14. The zero-order valence-electron chi connectivity index (χ0n) is 26.3. The van der Waals surface area contributed by atoms with Crippen LogP contribution in [-0.4, -0.2) is 79.3 Å². The molecule has 1 fully saturated rings. The number of urea groups is 1. The lowest BCUT2D eigenvalue weighted by Crippen LogP contribution is -2.46. The van der Waals surface area contributed by atoms with Crippen LogP contribution in [0.5, 0.6) is 17.2 Å². The summed E-state index contributed by atoms with van der Waals surface area (Å²) >= 11 is 0. The van der Waals surface area contributed by atoms with Crippen molar-refractivity contribution < 1.29 is 42.6 Å². The highest BCUT2D eigenvalue weighted by molar-refractivity contribution is 6.04. The topological polar surface area (TPSA) is 184 Å². The maximum absolute atomic E-state index is 15.0. The molecule has 14 nitrogen and oxygen atoms in total. The number of methoxy groups -OCH3 is 1. The van der Waals surface area contributed by atoms with Crippen LogP contribution in [0.4, 0.5) is 9.18 Å². The molecule has 0 aromatic heterocycles. The van der Waals surface area contributed by atoms with Crippen LogP contribution in [-0.2, 0) is 25.7 Å². The first-order valence-corrected chi connectivity index (χ1v) is 15.5. The molecule has 0 unspecified atom stereocenters. The van der Waals surface area contributed by atoms with Crippen molar-refractivity contribution in [1.82, 2.24) is 31.5 Å². The zero-order chi connectivity index (χ0) is 33.9. The van der Waals surface area contributed by atoms with Gasteiger partial charge in [-0.25, -0.2) is 9.18 Å². The Labute approximate surface area is 271 Å². The van der Waals surface area contributed by atoms with Crippen molar-refractivity contribution in [3.05, 3.63) is 53.3 Å². The molecule has 3 aliphatic rings. The van der Waals surface area contributed by atoms with E-state index in [0.717, 1.165) is 0 Å². The van der Waals surface area contributed by atoms with Crippen molar-refractivity contribution in [2.24, 2.45) is 0 Å². The number of hydrogen-bond acceptors (Lipinski definition) is 8. The highest BCUT2D eigenvalue weighted by Crippen LogP contribution is 2.34. The Morgan fingerprint density at radius 1 is 0.957 bits per heavy atom. The molecule has 7 amide bonds. The van der Waals surface area contributed by atoms with E-state index >= 15 is 4.39 Å². The second kappa shape index (κ2) is 16.4. The summed E-state index contributed by atoms with van der Waals surface area (Å²) in [6.45, 7) is 2.42. The number of nitrogens with one attached hydrogen (secondary N) is 5. The van der Waals surface area contributed by atoms with Gasteiger partial charge in [0.25, 0.3) is 11.8 Å². The number of carbonyl (C=O) groups is 6. The van der Waals surface area contributed by atoms with Crippen molar-refractivity contribution in [1.29, 1.82) is 0 Å². The Balaban J connectivity index is 1.50. The second-order valence-corrected chi connectivity index (χ2v) is 11.1. The van der Waals surface area contributed by atoms with Crippen LogP contribution in [0.2, 0.25) is 0 Å². The number of rotatable bonds is 5. The molecule has 0 saturated carbocycles. The van der Waals surface area contributed by atoms with E-state index in [2.05, 4.69) is 26.6 Å². The number of carbonyl (C=O) groups excluding carboxylic acids is 6. The molecule has 4 bridgehead atoms. The summed E-state index contributed by atoms with van der Waals surface area (Å²) in [4.78, 5) is 76.5. The molecule has 3 heterocycles.